The average molecular weight is 368 g/mol. The zero-order valence-electron chi connectivity index (χ0n) is 15.4. The number of hydrogen-bond donors (Lipinski definition) is 1. The molecule has 4 rings (SSSR count). The first-order valence-corrected chi connectivity index (χ1v) is 9.18. The number of nitrogens with zero attached hydrogens (tertiary/aromatic N) is 1. The number of nitrogens with one attached hydrogen (secondary N) is 1. The van der Waals surface area contributed by atoms with Crippen LogP contribution in [0.3, 0.4) is 0 Å². The van der Waals surface area contributed by atoms with Gasteiger partial charge in [-0.25, -0.2) is 0 Å². The molecule has 28 heavy (non-hydrogen) atoms. The number of aromatic nitrogens is 1. The number of amides is 1. The van der Waals surface area contributed by atoms with Gasteiger partial charge >= 0.3 is 0 Å². The second-order valence-electron chi connectivity index (χ2n) is 6.40. The van der Waals surface area contributed by atoms with Crippen molar-refractivity contribution in [3.63, 3.8) is 0 Å². The topological polar surface area (TPSA) is 43.3 Å². The molecule has 0 fully saturated rings. The molecule has 0 aliphatic carbocycles. The molecule has 138 valence electrons. The summed E-state index contributed by atoms with van der Waals surface area (Å²) in [5.41, 5.74) is 1.05. The van der Waals surface area contributed by atoms with Crippen LogP contribution in [-0.4, -0.2) is 23.6 Å². The van der Waals surface area contributed by atoms with Gasteiger partial charge < -0.3 is 14.6 Å². The maximum Gasteiger partial charge on any atom is 0.240 e. The molecule has 1 heterocycles. The van der Waals surface area contributed by atoms with E-state index < -0.39 is 0 Å². The molecule has 0 radical (unpaired) electrons. The molecule has 0 atom stereocenters. The molecule has 3 aromatic carbocycles. The monoisotopic (exact) mass is 368 g/mol. The minimum atomic E-state index is -0.0642. The number of hydrogen-bond acceptors (Lipinski definition) is 2. The first-order valence-electron chi connectivity index (χ1n) is 9.18. The lowest BCUT2D eigenvalue weighted by Crippen LogP contribution is -2.27. The Kier molecular flexibility index (Phi) is 5.26. The van der Waals surface area contributed by atoms with E-state index in [1.807, 2.05) is 71.4 Å². The molecule has 0 bridgehead atoms. The van der Waals surface area contributed by atoms with Crippen molar-refractivity contribution < 1.29 is 9.53 Å². The van der Waals surface area contributed by atoms with E-state index in [2.05, 4.69) is 29.3 Å². The second-order valence-corrected chi connectivity index (χ2v) is 6.40. The van der Waals surface area contributed by atoms with Gasteiger partial charge in [0, 0.05) is 17.1 Å². The van der Waals surface area contributed by atoms with Crippen molar-refractivity contribution in [1.82, 2.24) is 9.88 Å². The fourth-order valence-corrected chi connectivity index (χ4v) is 3.18. The summed E-state index contributed by atoms with van der Waals surface area (Å²) in [4.78, 5) is 12.1. The third-order valence-electron chi connectivity index (χ3n) is 4.54. The number of carbonyl (C=O) groups excluding carboxylic acids is 1. The van der Waals surface area contributed by atoms with E-state index in [0.717, 1.165) is 27.4 Å². The van der Waals surface area contributed by atoms with Crippen LogP contribution in [0.15, 0.2) is 79.0 Å². The van der Waals surface area contributed by atoms with Gasteiger partial charge in [-0.05, 0) is 29.0 Å². The maximum absolute atomic E-state index is 12.1. The zero-order chi connectivity index (χ0) is 19.2. The summed E-state index contributed by atoms with van der Waals surface area (Å²) in [7, 11) is 0. The summed E-state index contributed by atoms with van der Waals surface area (Å²) in [6, 6.07) is 24.0. The molecule has 1 N–H and O–H groups in total. The van der Waals surface area contributed by atoms with Gasteiger partial charge in [0.1, 0.15) is 18.9 Å². The van der Waals surface area contributed by atoms with Crippen LogP contribution in [0.4, 0.5) is 0 Å². The van der Waals surface area contributed by atoms with Gasteiger partial charge in [0.05, 0.1) is 6.54 Å². The molecule has 1 aromatic heterocycles. The quantitative estimate of drug-likeness (QED) is 0.541. The van der Waals surface area contributed by atoms with Crippen LogP contribution >= 0.6 is 0 Å². The molecule has 0 aliphatic rings. The number of para-hydroxylation sites is 1. The first-order chi connectivity index (χ1) is 13.8. The van der Waals surface area contributed by atoms with Crippen molar-refractivity contribution in [2.24, 2.45) is 0 Å². The van der Waals surface area contributed by atoms with Crippen molar-refractivity contribution in [3.05, 3.63) is 79.0 Å². The van der Waals surface area contributed by atoms with Crippen LogP contribution in [0.2, 0.25) is 0 Å². The Labute approximate surface area is 163 Å². The minimum Gasteiger partial charge on any atom is -0.480 e. The summed E-state index contributed by atoms with van der Waals surface area (Å²) in [6.07, 6.45) is 1.92. The predicted octanol–water partition coefficient (Wildman–Crippen LogP) is 3.99. The van der Waals surface area contributed by atoms with E-state index in [0.29, 0.717) is 6.54 Å². The molecule has 4 nitrogen and oxygen atoms in total. The van der Waals surface area contributed by atoms with Crippen LogP contribution < -0.4 is 10.1 Å². The Morgan fingerprint density at radius 3 is 2.61 bits per heavy atom. The van der Waals surface area contributed by atoms with Crippen molar-refractivity contribution in [1.29, 1.82) is 0 Å². The Balaban J connectivity index is 1.26. The highest BCUT2D eigenvalue weighted by Gasteiger charge is 2.04. The normalized spacial score (nSPS) is 10.4. The van der Waals surface area contributed by atoms with Crippen molar-refractivity contribution >= 4 is 27.6 Å². The molecule has 4 aromatic rings. The molecule has 0 unspecified atom stereocenters. The maximum atomic E-state index is 12.1. The molecule has 4 heteroatoms. The van der Waals surface area contributed by atoms with Gasteiger partial charge in [0.15, 0.2) is 0 Å². The highest BCUT2D eigenvalue weighted by atomic mass is 16.5. The third kappa shape index (κ3) is 3.99. The molecule has 0 aliphatic heterocycles. The Morgan fingerprint density at radius 1 is 0.893 bits per heavy atom. The van der Waals surface area contributed by atoms with Gasteiger partial charge in [-0.1, -0.05) is 66.4 Å². The van der Waals surface area contributed by atoms with E-state index in [4.69, 9.17) is 4.74 Å². The molecule has 0 saturated carbocycles. The zero-order valence-corrected chi connectivity index (χ0v) is 15.4. The summed E-state index contributed by atoms with van der Waals surface area (Å²) < 4.78 is 7.70. The number of rotatable bonds is 5. The van der Waals surface area contributed by atoms with Gasteiger partial charge in [0.25, 0.3) is 0 Å². The van der Waals surface area contributed by atoms with Crippen molar-refractivity contribution in [2.45, 2.75) is 6.54 Å². The molecule has 1 amide bonds. The van der Waals surface area contributed by atoms with Crippen LogP contribution in [0.5, 0.6) is 5.75 Å². The first kappa shape index (κ1) is 17.7. The average Bonchev–Trinajstić information content (AvgIpc) is 3.13. The number of benzene rings is 3. The number of fused-ring (bicyclic) bond motifs is 2. The van der Waals surface area contributed by atoms with Crippen LogP contribution in [0, 0.1) is 11.8 Å². The smallest absolute Gasteiger partial charge is 0.240 e. The van der Waals surface area contributed by atoms with Crippen LogP contribution in [-0.2, 0) is 11.3 Å². The predicted molar refractivity (Wildman–Crippen MR) is 112 cm³/mol. The number of ether oxygens (including phenoxy) is 1. The minimum absolute atomic E-state index is 0.0642. The summed E-state index contributed by atoms with van der Waals surface area (Å²) in [5, 5.41) is 6.16. The fourth-order valence-electron chi connectivity index (χ4n) is 3.18. The second kappa shape index (κ2) is 8.32. The fraction of sp³-hybridized carbons (Fsp3) is 0.125. The highest BCUT2D eigenvalue weighted by Crippen LogP contribution is 2.24. The van der Waals surface area contributed by atoms with Crippen molar-refractivity contribution in [3.8, 4) is 17.6 Å². The lowest BCUT2D eigenvalue weighted by molar-refractivity contribution is -0.121. The van der Waals surface area contributed by atoms with Gasteiger partial charge in [-0.3, -0.25) is 4.79 Å². The largest absolute Gasteiger partial charge is 0.480 e. The lowest BCUT2D eigenvalue weighted by Gasteiger charge is -2.06. The lowest BCUT2D eigenvalue weighted by atomic mass is 10.1. The van der Waals surface area contributed by atoms with Crippen molar-refractivity contribution in [2.75, 3.05) is 13.2 Å². The Morgan fingerprint density at radius 2 is 1.68 bits per heavy atom. The molecule has 0 spiro atoms. The van der Waals surface area contributed by atoms with Crippen LogP contribution in [0.25, 0.3) is 21.7 Å². The van der Waals surface area contributed by atoms with E-state index >= 15 is 0 Å². The van der Waals surface area contributed by atoms with Gasteiger partial charge in [0.2, 0.25) is 5.91 Å². The van der Waals surface area contributed by atoms with Gasteiger partial charge in [-0.2, -0.15) is 0 Å². The summed E-state index contributed by atoms with van der Waals surface area (Å²) >= 11 is 0. The van der Waals surface area contributed by atoms with E-state index in [9.17, 15) is 4.79 Å². The number of carbonyl (C=O) groups is 1. The SMILES string of the molecule is O=C(Cn1ccc2ccccc21)NCC#CCOc1cccc2ccccc12. The molecular formula is C24H20N2O2. The van der Waals surface area contributed by atoms with E-state index in [1.165, 1.54) is 0 Å². The molecular weight excluding hydrogens is 348 g/mol. The summed E-state index contributed by atoms with van der Waals surface area (Å²) in [5.74, 6) is 6.64. The van der Waals surface area contributed by atoms with Crippen LogP contribution in [0.1, 0.15) is 0 Å². The Hall–Kier alpha value is -3.71. The summed E-state index contributed by atoms with van der Waals surface area (Å²) in [6.45, 7) is 0.866. The molecule has 0 saturated heterocycles. The Bertz CT molecular complexity index is 1180. The standard InChI is InChI=1S/C24H20N2O2/c27-24(18-26-16-14-20-9-2-4-12-22(20)26)25-15-5-6-17-28-23-13-7-10-19-8-1-3-11-21(19)23/h1-4,7-14,16H,15,17-18H2,(H,25,27). The third-order valence-corrected chi connectivity index (χ3v) is 4.54. The van der Waals surface area contributed by atoms with E-state index in [1.54, 1.807) is 0 Å². The highest BCUT2D eigenvalue weighted by molar-refractivity contribution is 5.88. The van der Waals surface area contributed by atoms with E-state index in [-0.39, 0.29) is 19.1 Å². The van der Waals surface area contributed by atoms with Gasteiger partial charge in [-0.15, -0.1) is 0 Å².